The maximum absolute atomic E-state index is 12.8. The van der Waals surface area contributed by atoms with Crippen LogP contribution in [0.5, 0.6) is 11.5 Å². The molecule has 2 aliphatic heterocycles. The van der Waals surface area contributed by atoms with Crippen molar-refractivity contribution in [2.75, 3.05) is 32.8 Å². The van der Waals surface area contributed by atoms with Crippen LogP contribution < -0.4 is 9.47 Å². The van der Waals surface area contributed by atoms with E-state index in [0.717, 1.165) is 0 Å². The van der Waals surface area contributed by atoms with Crippen LogP contribution in [0.4, 0.5) is 13.2 Å². The van der Waals surface area contributed by atoms with Crippen molar-refractivity contribution in [1.82, 2.24) is 9.80 Å². The summed E-state index contributed by atoms with van der Waals surface area (Å²) in [5.41, 5.74) is -4.06. The summed E-state index contributed by atoms with van der Waals surface area (Å²) in [7, 11) is 0. The van der Waals surface area contributed by atoms with Gasteiger partial charge >= 0.3 is 5.51 Å². The minimum absolute atomic E-state index is 0.0238. The molecule has 0 radical (unpaired) electrons. The molecule has 10 heteroatoms. The molecule has 31 heavy (non-hydrogen) atoms. The summed E-state index contributed by atoms with van der Waals surface area (Å²) in [4.78, 5) is 28.7. The van der Waals surface area contributed by atoms with Crippen LogP contribution in [-0.2, 0) is 4.79 Å². The molecule has 1 fully saturated rings. The Bertz CT molecular complexity index is 960. The third-order valence-corrected chi connectivity index (χ3v) is 5.74. The average molecular weight is 452 g/mol. The van der Waals surface area contributed by atoms with Crippen molar-refractivity contribution in [2.24, 2.45) is 0 Å². The summed E-state index contributed by atoms with van der Waals surface area (Å²) in [6.07, 6.45) is -0.740. The molecule has 2 heterocycles. The van der Waals surface area contributed by atoms with Crippen molar-refractivity contribution in [3.8, 4) is 11.5 Å². The number of carbonyl (C=O) groups excluding carboxylic acids is 2. The number of hydrogen-bond acceptors (Lipinski definition) is 5. The molecule has 1 atom stereocenters. The first-order valence-electron chi connectivity index (χ1n) is 9.62. The van der Waals surface area contributed by atoms with Crippen LogP contribution in [-0.4, -0.2) is 66.0 Å². The number of hydrogen-bond donors (Lipinski definition) is 0. The molecular weight excluding hydrogens is 433 g/mol. The smallest absolute Gasteiger partial charge is 0.446 e. The molecule has 0 aliphatic carbocycles. The lowest BCUT2D eigenvalue weighted by Crippen LogP contribution is -2.55. The number of rotatable bonds is 3. The maximum atomic E-state index is 12.8. The lowest BCUT2D eigenvalue weighted by Gasteiger charge is -2.37. The van der Waals surface area contributed by atoms with Crippen molar-refractivity contribution >= 4 is 23.6 Å². The molecule has 0 bridgehead atoms. The topological polar surface area (TPSA) is 59.1 Å². The lowest BCUT2D eigenvalue weighted by molar-refractivity contribution is -0.142. The van der Waals surface area contributed by atoms with Gasteiger partial charge < -0.3 is 19.3 Å². The molecular formula is C21H19F3N2O4S. The van der Waals surface area contributed by atoms with Crippen LogP contribution in [0.25, 0.3) is 0 Å². The quantitative estimate of drug-likeness (QED) is 0.668. The predicted octanol–water partition coefficient (Wildman–Crippen LogP) is 3.42. The van der Waals surface area contributed by atoms with E-state index in [9.17, 15) is 22.8 Å². The maximum Gasteiger partial charge on any atom is 0.446 e. The number of thioether (sulfide) groups is 1. The molecule has 6 nitrogen and oxygen atoms in total. The van der Waals surface area contributed by atoms with Gasteiger partial charge in [0.2, 0.25) is 6.10 Å². The standard InChI is InChI=1S/C21H19F3N2O4S/c22-21(23,24)31-15-7-5-14(6-8-15)19(27)25-9-11-26(12-10-25)20(28)18-13-29-16-3-1-2-4-17(16)30-18/h1-8,18H,9-13H2. The zero-order valence-electron chi connectivity index (χ0n) is 16.3. The summed E-state index contributed by atoms with van der Waals surface area (Å²) in [6, 6.07) is 12.5. The van der Waals surface area contributed by atoms with Gasteiger partial charge in [0.25, 0.3) is 11.8 Å². The van der Waals surface area contributed by atoms with Gasteiger partial charge in [-0.2, -0.15) is 13.2 Å². The average Bonchev–Trinajstić information content (AvgIpc) is 2.77. The van der Waals surface area contributed by atoms with E-state index < -0.39 is 11.6 Å². The summed E-state index contributed by atoms with van der Waals surface area (Å²) < 4.78 is 48.7. The highest BCUT2D eigenvalue weighted by Gasteiger charge is 2.34. The molecule has 2 amide bonds. The predicted molar refractivity (Wildman–Crippen MR) is 107 cm³/mol. The van der Waals surface area contributed by atoms with Crippen LogP contribution in [0.1, 0.15) is 10.4 Å². The zero-order chi connectivity index (χ0) is 22.0. The first kappa shape index (κ1) is 21.4. The van der Waals surface area contributed by atoms with Gasteiger partial charge in [-0.3, -0.25) is 9.59 Å². The molecule has 0 N–H and O–H groups in total. The summed E-state index contributed by atoms with van der Waals surface area (Å²) in [5.74, 6) is 0.645. The molecule has 0 aromatic heterocycles. The molecule has 164 valence electrons. The van der Waals surface area contributed by atoms with E-state index in [1.54, 1.807) is 28.0 Å². The van der Waals surface area contributed by atoms with Gasteiger partial charge in [0.1, 0.15) is 6.61 Å². The van der Waals surface area contributed by atoms with E-state index in [2.05, 4.69) is 0 Å². The number of alkyl halides is 3. The fourth-order valence-electron chi connectivity index (χ4n) is 3.46. The number of para-hydroxylation sites is 2. The van der Waals surface area contributed by atoms with E-state index in [1.807, 2.05) is 6.07 Å². The number of nitrogens with zero attached hydrogens (tertiary/aromatic N) is 2. The first-order valence-corrected chi connectivity index (χ1v) is 10.4. The Morgan fingerprint density at radius 3 is 2.16 bits per heavy atom. The Balaban J connectivity index is 1.31. The largest absolute Gasteiger partial charge is 0.485 e. The van der Waals surface area contributed by atoms with Gasteiger partial charge in [-0.05, 0) is 48.2 Å². The van der Waals surface area contributed by atoms with Crippen molar-refractivity contribution < 1.29 is 32.2 Å². The summed E-state index contributed by atoms with van der Waals surface area (Å²) in [5, 5.41) is 0. The Labute approximate surface area is 180 Å². The number of ether oxygens (including phenoxy) is 2. The van der Waals surface area contributed by atoms with Crippen LogP contribution in [0, 0.1) is 0 Å². The molecule has 0 saturated carbocycles. The molecule has 4 rings (SSSR count). The van der Waals surface area contributed by atoms with E-state index in [0.29, 0.717) is 43.2 Å². The van der Waals surface area contributed by atoms with Crippen molar-refractivity contribution in [2.45, 2.75) is 16.5 Å². The highest BCUT2D eigenvalue weighted by molar-refractivity contribution is 8.00. The Morgan fingerprint density at radius 2 is 1.52 bits per heavy atom. The van der Waals surface area contributed by atoms with Crippen molar-refractivity contribution in [1.29, 1.82) is 0 Å². The molecule has 2 aromatic carbocycles. The highest BCUT2D eigenvalue weighted by atomic mass is 32.2. The van der Waals surface area contributed by atoms with E-state index >= 15 is 0 Å². The monoisotopic (exact) mass is 452 g/mol. The van der Waals surface area contributed by atoms with Gasteiger partial charge in [-0.1, -0.05) is 12.1 Å². The fourth-order valence-corrected chi connectivity index (χ4v) is 4.00. The molecule has 1 saturated heterocycles. The van der Waals surface area contributed by atoms with Crippen LogP contribution >= 0.6 is 11.8 Å². The SMILES string of the molecule is O=C(c1ccc(SC(F)(F)F)cc1)N1CCN(C(=O)C2COc3ccccc3O2)CC1. The zero-order valence-corrected chi connectivity index (χ0v) is 17.1. The Hall–Kier alpha value is -2.88. The fraction of sp³-hybridized carbons (Fsp3) is 0.333. The molecule has 1 unspecified atom stereocenters. The van der Waals surface area contributed by atoms with Gasteiger partial charge in [0.05, 0.1) is 0 Å². The highest BCUT2D eigenvalue weighted by Crippen LogP contribution is 2.36. The van der Waals surface area contributed by atoms with Gasteiger partial charge in [-0.25, -0.2) is 0 Å². The number of fused-ring (bicyclic) bond motifs is 1. The molecule has 2 aromatic rings. The van der Waals surface area contributed by atoms with E-state index in [-0.39, 0.29) is 35.1 Å². The van der Waals surface area contributed by atoms with Crippen LogP contribution in [0.3, 0.4) is 0 Å². The number of halogens is 3. The third kappa shape index (κ3) is 5.07. The normalized spacial score (nSPS) is 18.6. The van der Waals surface area contributed by atoms with Gasteiger partial charge in [0, 0.05) is 36.6 Å². The first-order chi connectivity index (χ1) is 14.8. The minimum atomic E-state index is -4.37. The second-order valence-corrected chi connectivity index (χ2v) is 8.19. The number of amides is 2. The molecule has 0 spiro atoms. The van der Waals surface area contributed by atoms with Gasteiger partial charge in [-0.15, -0.1) is 0 Å². The minimum Gasteiger partial charge on any atom is -0.485 e. The summed E-state index contributed by atoms with van der Waals surface area (Å²) >= 11 is -0.222. The van der Waals surface area contributed by atoms with Crippen LogP contribution in [0.2, 0.25) is 0 Å². The Morgan fingerprint density at radius 1 is 0.903 bits per heavy atom. The number of benzene rings is 2. The third-order valence-electron chi connectivity index (χ3n) is 5.00. The van der Waals surface area contributed by atoms with Crippen molar-refractivity contribution in [3.63, 3.8) is 0 Å². The number of carbonyl (C=O) groups is 2. The second kappa shape index (κ2) is 8.70. The lowest BCUT2D eigenvalue weighted by atomic mass is 10.1. The Kier molecular flexibility index (Phi) is 5.99. The molecule has 2 aliphatic rings. The summed E-state index contributed by atoms with van der Waals surface area (Å²) in [6.45, 7) is 1.46. The van der Waals surface area contributed by atoms with Gasteiger partial charge in [0.15, 0.2) is 11.5 Å². The van der Waals surface area contributed by atoms with Crippen LogP contribution in [0.15, 0.2) is 53.4 Å². The second-order valence-electron chi connectivity index (χ2n) is 7.05. The van der Waals surface area contributed by atoms with E-state index in [1.165, 1.54) is 24.3 Å². The van der Waals surface area contributed by atoms with Crippen molar-refractivity contribution in [3.05, 3.63) is 54.1 Å². The number of piperazine rings is 1. The van der Waals surface area contributed by atoms with E-state index in [4.69, 9.17) is 9.47 Å².